The topological polar surface area (TPSA) is 128 Å². The van der Waals surface area contributed by atoms with Crippen LogP contribution in [0.2, 0.25) is 0 Å². The van der Waals surface area contributed by atoms with E-state index < -0.39 is 36.3 Å². The highest BCUT2D eigenvalue weighted by Crippen LogP contribution is 2.44. The SMILES string of the molecule is Cc1ccc(C=CC(=O)OC[C@H]2O[C@@H](n3cnc4c(NCc5ccc6c(c5)OCO6)ncnc43)[C@H]3OC(C)(C)OC23)cc1. The summed E-state index contributed by atoms with van der Waals surface area (Å²) in [6, 6.07) is 13.6. The molecule has 4 atom stereocenters. The zero-order valence-electron chi connectivity index (χ0n) is 23.9. The highest BCUT2D eigenvalue weighted by atomic mass is 16.8. The van der Waals surface area contributed by atoms with Gasteiger partial charge in [-0.25, -0.2) is 19.7 Å². The van der Waals surface area contributed by atoms with Crippen molar-refractivity contribution in [3.8, 4) is 11.5 Å². The van der Waals surface area contributed by atoms with Gasteiger partial charge in [0.25, 0.3) is 0 Å². The standard InChI is InChI=1S/C31H31N5O7/c1-18-4-6-19(7-5-18)9-11-24(37)38-14-23-26-27(43-31(2,3)42-26)30(41-23)36-16-35-25-28(33-15-34-29(25)36)32-13-20-8-10-21-22(12-20)40-17-39-21/h4-12,15-16,23,26-27,30H,13-14,17H2,1-3H3,(H,32,33,34)/t23-,26?,27+,30-/m1/s1. The first kappa shape index (κ1) is 27.3. The third-order valence-corrected chi connectivity index (χ3v) is 7.53. The van der Waals surface area contributed by atoms with Crippen molar-refractivity contribution in [2.24, 2.45) is 0 Å². The van der Waals surface area contributed by atoms with E-state index in [1.54, 1.807) is 12.4 Å². The number of nitrogens with zero attached hydrogens (tertiary/aromatic N) is 4. The van der Waals surface area contributed by atoms with E-state index in [1.807, 2.05) is 67.8 Å². The average molecular weight is 586 g/mol. The summed E-state index contributed by atoms with van der Waals surface area (Å²) < 4.78 is 37.1. The molecule has 222 valence electrons. The second kappa shape index (κ2) is 11.0. The average Bonchev–Trinajstić information content (AvgIpc) is 3.77. The zero-order valence-corrected chi connectivity index (χ0v) is 23.9. The molecule has 0 bridgehead atoms. The van der Waals surface area contributed by atoms with Crippen LogP contribution in [0.25, 0.3) is 17.2 Å². The summed E-state index contributed by atoms with van der Waals surface area (Å²) in [4.78, 5) is 26.0. The van der Waals surface area contributed by atoms with Crippen LogP contribution in [0, 0.1) is 6.92 Å². The van der Waals surface area contributed by atoms with Gasteiger partial charge in [0, 0.05) is 12.6 Å². The van der Waals surface area contributed by atoms with Crippen molar-refractivity contribution >= 4 is 29.0 Å². The summed E-state index contributed by atoms with van der Waals surface area (Å²) in [7, 11) is 0. The number of ether oxygens (including phenoxy) is 6. The van der Waals surface area contributed by atoms with Crippen molar-refractivity contribution in [2.75, 3.05) is 18.7 Å². The van der Waals surface area contributed by atoms with Crippen LogP contribution in [0.15, 0.2) is 61.2 Å². The first-order chi connectivity index (χ1) is 20.8. The van der Waals surface area contributed by atoms with Crippen molar-refractivity contribution in [2.45, 2.75) is 57.6 Å². The van der Waals surface area contributed by atoms with Crippen molar-refractivity contribution in [1.29, 1.82) is 0 Å². The number of esters is 1. The summed E-state index contributed by atoms with van der Waals surface area (Å²) >= 11 is 0. The number of benzene rings is 2. The lowest BCUT2D eigenvalue weighted by atomic mass is 10.1. The van der Waals surface area contributed by atoms with E-state index in [9.17, 15) is 4.79 Å². The van der Waals surface area contributed by atoms with Gasteiger partial charge in [0.1, 0.15) is 31.2 Å². The molecular weight excluding hydrogens is 554 g/mol. The van der Waals surface area contributed by atoms with Crippen LogP contribution in [-0.2, 0) is 30.3 Å². The van der Waals surface area contributed by atoms with Gasteiger partial charge in [-0.05, 0) is 50.1 Å². The second-order valence-corrected chi connectivity index (χ2v) is 11.1. The molecule has 12 nitrogen and oxygen atoms in total. The molecule has 43 heavy (non-hydrogen) atoms. The predicted molar refractivity (Wildman–Crippen MR) is 154 cm³/mol. The van der Waals surface area contributed by atoms with E-state index in [1.165, 1.54) is 12.4 Å². The van der Waals surface area contributed by atoms with Crippen LogP contribution in [-0.4, -0.2) is 63.0 Å². The van der Waals surface area contributed by atoms with Crippen LogP contribution in [0.5, 0.6) is 11.5 Å². The van der Waals surface area contributed by atoms with Gasteiger partial charge >= 0.3 is 5.97 Å². The van der Waals surface area contributed by atoms with Crippen LogP contribution in [0.3, 0.4) is 0 Å². The van der Waals surface area contributed by atoms with Gasteiger partial charge in [-0.3, -0.25) is 4.57 Å². The van der Waals surface area contributed by atoms with E-state index in [0.29, 0.717) is 29.3 Å². The van der Waals surface area contributed by atoms with Gasteiger partial charge < -0.3 is 33.7 Å². The maximum absolute atomic E-state index is 12.5. The van der Waals surface area contributed by atoms with Crippen molar-refractivity contribution in [3.05, 3.63) is 77.9 Å². The minimum atomic E-state index is -0.840. The summed E-state index contributed by atoms with van der Waals surface area (Å²) in [5, 5.41) is 3.34. The Bertz CT molecular complexity index is 1690. The molecule has 2 aromatic carbocycles. The van der Waals surface area contributed by atoms with Gasteiger partial charge in [0.05, 0.1) is 6.33 Å². The van der Waals surface area contributed by atoms with Gasteiger partial charge in [-0.2, -0.15) is 0 Å². The molecule has 0 spiro atoms. The summed E-state index contributed by atoms with van der Waals surface area (Å²) in [5.74, 6) is 0.712. The number of fused-ring (bicyclic) bond motifs is 3. The molecule has 1 N–H and O–H groups in total. The fourth-order valence-corrected chi connectivity index (χ4v) is 5.48. The Morgan fingerprint density at radius 3 is 2.74 bits per heavy atom. The van der Waals surface area contributed by atoms with E-state index in [2.05, 4.69) is 20.3 Å². The van der Waals surface area contributed by atoms with Crippen LogP contribution < -0.4 is 14.8 Å². The molecule has 3 aliphatic heterocycles. The third kappa shape index (κ3) is 5.52. The number of rotatable bonds is 8. The maximum atomic E-state index is 12.5. The van der Waals surface area contributed by atoms with Crippen LogP contribution in [0.1, 0.15) is 36.8 Å². The number of imidazole rings is 1. The molecule has 12 heteroatoms. The Morgan fingerprint density at radius 2 is 1.88 bits per heavy atom. The number of carbonyl (C=O) groups excluding carboxylic acids is 1. The molecule has 0 amide bonds. The molecule has 2 saturated heterocycles. The molecule has 2 fully saturated rings. The van der Waals surface area contributed by atoms with E-state index in [4.69, 9.17) is 28.4 Å². The first-order valence-electron chi connectivity index (χ1n) is 14.1. The Balaban J connectivity index is 1.06. The lowest BCUT2D eigenvalue weighted by molar-refractivity contribution is -0.201. The third-order valence-electron chi connectivity index (χ3n) is 7.53. The molecule has 7 rings (SSSR count). The minimum absolute atomic E-state index is 0.00186. The highest BCUT2D eigenvalue weighted by Gasteiger charge is 2.56. The number of hydrogen-bond acceptors (Lipinski definition) is 11. The number of nitrogens with one attached hydrogen (secondary N) is 1. The second-order valence-electron chi connectivity index (χ2n) is 11.1. The molecular formula is C31H31N5O7. The van der Waals surface area contributed by atoms with E-state index >= 15 is 0 Å². The van der Waals surface area contributed by atoms with Crippen molar-refractivity contribution < 1.29 is 33.2 Å². The van der Waals surface area contributed by atoms with Crippen LogP contribution >= 0.6 is 0 Å². The van der Waals surface area contributed by atoms with Crippen LogP contribution in [0.4, 0.5) is 5.82 Å². The fraction of sp³-hybridized carbons (Fsp3) is 0.355. The molecule has 5 heterocycles. The minimum Gasteiger partial charge on any atom is -0.460 e. The number of anilines is 1. The maximum Gasteiger partial charge on any atom is 0.330 e. The summed E-state index contributed by atoms with van der Waals surface area (Å²) in [6.07, 6.45) is 4.15. The number of hydrogen-bond donors (Lipinski definition) is 1. The van der Waals surface area contributed by atoms with Gasteiger partial charge in [-0.15, -0.1) is 0 Å². The smallest absolute Gasteiger partial charge is 0.330 e. The van der Waals surface area contributed by atoms with Crippen molar-refractivity contribution in [1.82, 2.24) is 19.5 Å². The van der Waals surface area contributed by atoms with Gasteiger partial charge in [0.2, 0.25) is 6.79 Å². The zero-order chi connectivity index (χ0) is 29.6. The number of carbonyl (C=O) groups is 1. The molecule has 2 aromatic heterocycles. The molecule has 1 unspecified atom stereocenters. The highest BCUT2D eigenvalue weighted by molar-refractivity contribution is 5.87. The summed E-state index contributed by atoms with van der Waals surface area (Å²) in [5.41, 5.74) is 4.21. The van der Waals surface area contributed by atoms with E-state index in [-0.39, 0.29) is 13.4 Å². The fourth-order valence-electron chi connectivity index (χ4n) is 5.48. The summed E-state index contributed by atoms with van der Waals surface area (Å²) in [6.45, 7) is 6.43. The van der Waals surface area contributed by atoms with Gasteiger partial charge in [0.15, 0.2) is 40.5 Å². The Hall–Kier alpha value is -4.52. The first-order valence-corrected chi connectivity index (χ1v) is 14.1. The molecule has 4 aromatic rings. The molecule has 3 aliphatic rings. The molecule has 0 aliphatic carbocycles. The molecule has 0 saturated carbocycles. The lowest BCUT2D eigenvalue weighted by Gasteiger charge is -2.24. The van der Waals surface area contributed by atoms with Crippen molar-refractivity contribution in [3.63, 3.8) is 0 Å². The Kier molecular flexibility index (Phi) is 6.96. The predicted octanol–water partition coefficient (Wildman–Crippen LogP) is 4.15. The van der Waals surface area contributed by atoms with E-state index in [0.717, 1.165) is 22.4 Å². The largest absolute Gasteiger partial charge is 0.460 e. The number of aryl methyl sites for hydroxylation is 1. The Morgan fingerprint density at radius 1 is 1.07 bits per heavy atom. The Labute approximate surface area is 247 Å². The number of aromatic nitrogens is 4. The molecule has 0 radical (unpaired) electrons. The normalized spacial score (nSPS) is 23.6. The lowest BCUT2D eigenvalue weighted by Crippen LogP contribution is -2.33. The quantitative estimate of drug-likeness (QED) is 0.237. The monoisotopic (exact) mass is 585 g/mol. The van der Waals surface area contributed by atoms with Gasteiger partial charge in [-0.1, -0.05) is 35.9 Å².